The quantitative estimate of drug-likeness (QED) is 0.733. The maximum atomic E-state index is 13.2. The summed E-state index contributed by atoms with van der Waals surface area (Å²) in [5, 5.41) is 3.69. The summed E-state index contributed by atoms with van der Waals surface area (Å²) in [6.07, 6.45) is 5.99. The maximum Gasteiger partial charge on any atom is 0.341 e. The molecule has 0 radical (unpaired) electrons. The Balaban J connectivity index is 1.61. The summed E-state index contributed by atoms with van der Waals surface area (Å²) in [5.41, 5.74) is 4.03. The van der Waals surface area contributed by atoms with Crippen LogP contribution in [0.25, 0.3) is 0 Å². The SMILES string of the molecule is COC(=O)c1c(NC(=O)N2CCCC2c2ccccc2C)sc2c1CCCC2. The van der Waals surface area contributed by atoms with Crippen molar-refractivity contribution in [2.75, 3.05) is 19.0 Å². The molecule has 1 N–H and O–H groups in total. The molecule has 1 unspecified atom stereocenters. The predicted molar refractivity (Wildman–Crippen MR) is 111 cm³/mol. The Kier molecular flexibility index (Phi) is 5.40. The van der Waals surface area contributed by atoms with Crippen molar-refractivity contribution >= 4 is 28.3 Å². The zero-order valence-corrected chi connectivity index (χ0v) is 17.2. The molecule has 1 aromatic heterocycles. The van der Waals surface area contributed by atoms with Gasteiger partial charge in [-0.25, -0.2) is 9.59 Å². The standard InChI is InChI=1S/C22H26N2O3S/c1-14-8-3-4-9-15(14)17-11-7-13-24(17)22(26)23-20-19(21(25)27-2)16-10-5-6-12-18(16)28-20/h3-4,8-9,17H,5-7,10-13H2,1-2H3,(H,23,26). The number of anilines is 1. The Morgan fingerprint density at radius 1 is 1.18 bits per heavy atom. The van der Waals surface area contributed by atoms with Crippen molar-refractivity contribution in [3.63, 3.8) is 0 Å². The summed E-state index contributed by atoms with van der Waals surface area (Å²) in [6, 6.07) is 8.20. The summed E-state index contributed by atoms with van der Waals surface area (Å²) in [7, 11) is 1.40. The number of urea groups is 1. The van der Waals surface area contributed by atoms with Gasteiger partial charge in [0.05, 0.1) is 18.7 Å². The third kappa shape index (κ3) is 3.41. The van der Waals surface area contributed by atoms with E-state index in [-0.39, 0.29) is 18.0 Å². The van der Waals surface area contributed by atoms with Gasteiger partial charge in [0.25, 0.3) is 0 Å². The number of methoxy groups -OCH3 is 1. The smallest absolute Gasteiger partial charge is 0.341 e. The Bertz CT molecular complexity index is 905. The van der Waals surface area contributed by atoms with E-state index < -0.39 is 0 Å². The lowest BCUT2D eigenvalue weighted by atomic mass is 9.95. The average molecular weight is 399 g/mol. The Labute approximate surface area is 169 Å². The normalized spacial score (nSPS) is 18.6. The van der Waals surface area contributed by atoms with E-state index in [2.05, 4.69) is 24.4 Å². The molecule has 0 spiro atoms. The van der Waals surface area contributed by atoms with E-state index in [1.165, 1.54) is 34.5 Å². The summed E-state index contributed by atoms with van der Waals surface area (Å²) >= 11 is 1.53. The molecule has 28 heavy (non-hydrogen) atoms. The second kappa shape index (κ2) is 7.95. The van der Waals surface area contributed by atoms with Crippen LogP contribution in [-0.4, -0.2) is 30.6 Å². The highest BCUT2D eigenvalue weighted by molar-refractivity contribution is 7.17. The van der Waals surface area contributed by atoms with Crippen LogP contribution >= 0.6 is 11.3 Å². The lowest BCUT2D eigenvalue weighted by molar-refractivity contribution is 0.0601. The highest BCUT2D eigenvalue weighted by Crippen LogP contribution is 2.40. The third-order valence-electron chi connectivity index (χ3n) is 5.84. The Morgan fingerprint density at radius 3 is 2.75 bits per heavy atom. The average Bonchev–Trinajstić information content (AvgIpc) is 3.32. The topological polar surface area (TPSA) is 58.6 Å². The predicted octanol–water partition coefficient (Wildman–Crippen LogP) is 5.09. The molecule has 148 valence electrons. The van der Waals surface area contributed by atoms with Gasteiger partial charge in [0.1, 0.15) is 5.00 Å². The van der Waals surface area contributed by atoms with Gasteiger partial charge in [-0.3, -0.25) is 5.32 Å². The van der Waals surface area contributed by atoms with Crippen LogP contribution in [0.2, 0.25) is 0 Å². The molecule has 4 rings (SSSR count). The molecule has 5 nitrogen and oxygen atoms in total. The van der Waals surface area contributed by atoms with Gasteiger partial charge in [0, 0.05) is 11.4 Å². The minimum absolute atomic E-state index is 0.0809. The number of thiophene rings is 1. The summed E-state index contributed by atoms with van der Waals surface area (Å²) in [4.78, 5) is 28.7. The largest absolute Gasteiger partial charge is 0.465 e. The van der Waals surface area contributed by atoms with Gasteiger partial charge in [-0.2, -0.15) is 0 Å². The highest BCUT2D eigenvalue weighted by Gasteiger charge is 2.33. The second-order valence-corrected chi connectivity index (χ2v) is 8.65. The number of amides is 2. The van der Waals surface area contributed by atoms with Crippen molar-refractivity contribution in [2.45, 2.75) is 51.5 Å². The first-order valence-corrected chi connectivity index (χ1v) is 10.8. The number of likely N-dealkylation sites (tertiary alicyclic amines) is 1. The fraction of sp³-hybridized carbons (Fsp3) is 0.455. The van der Waals surface area contributed by atoms with E-state index in [1.54, 1.807) is 0 Å². The van der Waals surface area contributed by atoms with Crippen molar-refractivity contribution in [1.82, 2.24) is 4.90 Å². The first-order chi connectivity index (χ1) is 13.6. The van der Waals surface area contributed by atoms with Crippen LogP contribution in [0.5, 0.6) is 0 Å². The number of ether oxygens (including phenoxy) is 1. The molecule has 1 saturated heterocycles. The number of benzene rings is 1. The molecule has 1 aliphatic heterocycles. The first-order valence-electron chi connectivity index (χ1n) is 9.96. The summed E-state index contributed by atoms with van der Waals surface area (Å²) in [5.74, 6) is -0.355. The van der Waals surface area contributed by atoms with Crippen LogP contribution in [-0.2, 0) is 17.6 Å². The van der Waals surface area contributed by atoms with Crippen molar-refractivity contribution < 1.29 is 14.3 Å². The number of fused-ring (bicyclic) bond motifs is 1. The number of hydrogen-bond donors (Lipinski definition) is 1. The molecule has 1 aromatic carbocycles. The van der Waals surface area contributed by atoms with Crippen LogP contribution in [0.3, 0.4) is 0 Å². The van der Waals surface area contributed by atoms with Crippen molar-refractivity contribution in [1.29, 1.82) is 0 Å². The zero-order valence-electron chi connectivity index (χ0n) is 16.4. The second-order valence-electron chi connectivity index (χ2n) is 7.54. The Morgan fingerprint density at radius 2 is 1.96 bits per heavy atom. The number of rotatable bonds is 3. The number of nitrogens with one attached hydrogen (secondary N) is 1. The minimum atomic E-state index is -0.355. The van der Waals surface area contributed by atoms with Crippen LogP contribution in [0.4, 0.5) is 9.80 Å². The molecule has 2 aromatic rings. The number of carbonyl (C=O) groups excluding carboxylic acids is 2. The number of aryl methyl sites for hydroxylation is 2. The van der Waals surface area contributed by atoms with E-state index in [0.29, 0.717) is 10.6 Å². The highest BCUT2D eigenvalue weighted by atomic mass is 32.1. The summed E-state index contributed by atoms with van der Waals surface area (Å²) < 4.78 is 5.02. The fourth-order valence-electron chi connectivity index (χ4n) is 4.43. The van der Waals surface area contributed by atoms with Crippen LogP contribution in [0.1, 0.15) is 63.7 Å². The van der Waals surface area contributed by atoms with Crippen LogP contribution in [0.15, 0.2) is 24.3 Å². The molecule has 2 aliphatic rings. The molecule has 2 heterocycles. The summed E-state index contributed by atoms with van der Waals surface area (Å²) in [6.45, 7) is 2.82. The maximum absolute atomic E-state index is 13.2. The number of hydrogen-bond acceptors (Lipinski definition) is 4. The minimum Gasteiger partial charge on any atom is -0.465 e. The fourth-order valence-corrected chi connectivity index (χ4v) is 5.70. The van der Waals surface area contributed by atoms with E-state index in [1.807, 2.05) is 17.0 Å². The van der Waals surface area contributed by atoms with Gasteiger partial charge in [-0.15, -0.1) is 11.3 Å². The molecule has 1 aliphatic carbocycles. The zero-order chi connectivity index (χ0) is 19.7. The van der Waals surface area contributed by atoms with Gasteiger partial charge in [0.15, 0.2) is 0 Å². The van der Waals surface area contributed by atoms with E-state index in [9.17, 15) is 9.59 Å². The molecule has 1 fully saturated rings. The van der Waals surface area contributed by atoms with Crippen LogP contribution < -0.4 is 5.32 Å². The molecule has 0 saturated carbocycles. The number of carbonyl (C=O) groups is 2. The van der Waals surface area contributed by atoms with Crippen molar-refractivity contribution in [3.05, 3.63) is 51.4 Å². The van der Waals surface area contributed by atoms with E-state index in [4.69, 9.17) is 4.74 Å². The monoisotopic (exact) mass is 398 g/mol. The first kappa shape index (κ1) is 19.0. The van der Waals surface area contributed by atoms with Gasteiger partial charge < -0.3 is 9.64 Å². The Hall–Kier alpha value is -2.34. The molecule has 0 bridgehead atoms. The lowest BCUT2D eigenvalue weighted by Crippen LogP contribution is -2.34. The van der Waals surface area contributed by atoms with Gasteiger partial charge in [-0.05, 0) is 62.1 Å². The molecule has 1 atom stereocenters. The molecule has 2 amide bonds. The van der Waals surface area contributed by atoms with Gasteiger partial charge in [0.2, 0.25) is 0 Å². The van der Waals surface area contributed by atoms with Gasteiger partial charge in [-0.1, -0.05) is 24.3 Å². The van der Waals surface area contributed by atoms with E-state index in [0.717, 1.165) is 50.6 Å². The molecular formula is C22H26N2O3S. The number of nitrogens with zero attached hydrogens (tertiary/aromatic N) is 1. The van der Waals surface area contributed by atoms with Crippen molar-refractivity contribution in [3.8, 4) is 0 Å². The third-order valence-corrected chi connectivity index (χ3v) is 7.05. The van der Waals surface area contributed by atoms with Gasteiger partial charge >= 0.3 is 12.0 Å². The molecule has 6 heteroatoms. The van der Waals surface area contributed by atoms with Crippen LogP contribution in [0, 0.1) is 6.92 Å². The number of esters is 1. The van der Waals surface area contributed by atoms with E-state index >= 15 is 0 Å². The lowest BCUT2D eigenvalue weighted by Gasteiger charge is -2.26. The molecular weight excluding hydrogens is 372 g/mol. The van der Waals surface area contributed by atoms with Crippen molar-refractivity contribution in [2.24, 2.45) is 0 Å².